The number of nitrogens with one attached hydrogen (secondary N) is 1. The van der Waals surface area contributed by atoms with Gasteiger partial charge in [0.25, 0.3) is 0 Å². The van der Waals surface area contributed by atoms with Gasteiger partial charge in [-0.15, -0.1) is 0 Å². The Bertz CT molecular complexity index is 629. The highest BCUT2D eigenvalue weighted by molar-refractivity contribution is 5.33. The van der Waals surface area contributed by atoms with Gasteiger partial charge in [0, 0.05) is 18.2 Å². The molecule has 2 aromatic rings. The third kappa shape index (κ3) is 3.41. The molecule has 23 heavy (non-hydrogen) atoms. The lowest BCUT2D eigenvalue weighted by molar-refractivity contribution is 0.215. The van der Waals surface area contributed by atoms with E-state index in [4.69, 9.17) is 10.5 Å². The summed E-state index contributed by atoms with van der Waals surface area (Å²) in [5.41, 5.74) is 8.99. The lowest BCUT2D eigenvalue weighted by atomic mass is 9.73. The zero-order valence-corrected chi connectivity index (χ0v) is 13.8. The quantitative estimate of drug-likeness (QED) is 0.887. The van der Waals surface area contributed by atoms with Crippen molar-refractivity contribution in [1.29, 1.82) is 0 Å². The molecule has 0 bridgehead atoms. The number of ether oxygens (including phenoxy) is 1. The van der Waals surface area contributed by atoms with E-state index in [2.05, 4.69) is 35.6 Å². The SMILES string of the molecule is COc1ccccc1CNC1CCCCC1(N)c1ccccc1. The molecule has 0 aromatic heterocycles. The molecule has 1 saturated carbocycles. The fourth-order valence-corrected chi connectivity index (χ4v) is 3.66. The molecule has 0 amide bonds. The summed E-state index contributed by atoms with van der Waals surface area (Å²) in [4.78, 5) is 0. The molecule has 3 nitrogen and oxygen atoms in total. The summed E-state index contributed by atoms with van der Waals surface area (Å²) >= 11 is 0. The van der Waals surface area contributed by atoms with E-state index in [1.807, 2.05) is 24.3 Å². The highest BCUT2D eigenvalue weighted by atomic mass is 16.5. The molecule has 2 atom stereocenters. The Morgan fingerprint density at radius 2 is 1.83 bits per heavy atom. The second-order valence-electron chi connectivity index (χ2n) is 6.40. The second-order valence-corrected chi connectivity index (χ2v) is 6.40. The summed E-state index contributed by atoms with van der Waals surface area (Å²) in [6.45, 7) is 0.778. The van der Waals surface area contributed by atoms with Crippen LogP contribution in [-0.4, -0.2) is 13.2 Å². The van der Waals surface area contributed by atoms with Crippen molar-refractivity contribution in [2.24, 2.45) is 5.73 Å². The van der Waals surface area contributed by atoms with Crippen LogP contribution in [0.25, 0.3) is 0 Å². The smallest absolute Gasteiger partial charge is 0.123 e. The Balaban J connectivity index is 1.77. The minimum absolute atomic E-state index is 0.281. The number of methoxy groups -OCH3 is 1. The predicted octanol–water partition coefficient (Wildman–Crippen LogP) is 3.58. The van der Waals surface area contributed by atoms with Crippen molar-refractivity contribution in [2.75, 3.05) is 7.11 Å². The van der Waals surface area contributed by atoms with Crippen molar-refractivity contribution >= 4 is 0 Å². The van der Waals surface area contributed by atoms with E-state index in [9.17, 15) is 0 Å². The van der Waals surface area contributed by atoms with Gasteiger partial charge in [0.05, 0.1) is 12.6 Å². The highest BCUT2D eigenvalue weighted by Crippen LogP contribution is 2.35. The van der Waals surface area contributed by atoms with Crippen molar-refractivity contribution in [1.82, 2.24) is 5.32 Å². The van der Waals surface area contributed by atoms with E-state index >= 15 is 0 Å². The first-order chi connectivity index (χ1) is 11.2. The van der Waals surface area contributed by atoms with E-state index in [0.717, 1.165) is 25.1 Å². The maximum Gasteiger partial charge on any atom is 0.123 e. The van der Waals surface area contributed by atoms with Gasteiger partial charge in [-0.3, -0.25) is 0 Å². The molecule has 0 heterocycles. The topological polar surface area (TPSA) is 47.3 Å². The average molecular weight is 310 g/mol. The zero-order chi connectivity index (χ0) is 16.1. The Morgan fingerprint density at radius 3 is 2.61 bits per heavy atom. The fourth-order valence-electron chi connectivity index (χ4n) is 3.66. The van der Waals surface area contributed by atoms with Crippen molar-refractivity contribution in [2.45, 2.75) is 43.8 Å². The first kappa shape index (κ1) is 16.0. The number of hydrogen-bond donors (Lipinski definition) is 2. The summed E-state index contributed by atoms with van der Waals surface area (Å²) in [5.74, 6) is 0.929. The van der Waals surface area contributed by atoms with Crippen LogP contribution >= 0.6 is 0 Å². The average Bonchev–Trinajstić information content (AvgIpc) is 2.62. The van der Waals surface area contributed by atoms with Gasteiger partial charge in [-0.05, 0) is 24.5 Å². The van der Waals surface area contributed by atoms with Gasteiger partial charge in [0.2, 0.25) is 0 Å². The number of hydrogen-bond acceptors (Lipinski definition) is 3. The minimum Gasteiger partial charge on any atom is -0.496 e. The van der Waals surface area contributed by atoms with E-state index < -0.39 is 0 Å². The summed E-state index contributed by atoms with van der Waals surface area (Å²) in [6.07, 6.45) is 4.56. The van der Waals surface area contributed by atoms with Crippen molar-refractivity contribution in [3.8, 4) is 5.75 Å². The lowest BCUT2D eigenvalue weighted by Gasteiger charge is -2.42. The summed E-state index contributed by atoms with van der Waals surface area (Å²) in [5, 5.41) is 3.70. The first-order valence-electron chi connectivity index (χ1n) is 8.44. The molecular weight excluding hydrogens is 284 g/mol. The molecule has 0 saturated heterocycles. The number of benzene rings is 2. The van der Waals surface area contributed by atoms with E-state index in [1.165, 1.54) is 24.0 Å². The van der Waals surface area contributed by atoms with Crippen LogP contribution in [0.15, 0.2) is 54.6 Å². The van der Waals surface area contributed by atoms with Gasteiger partial charge in [-0.2, -0.15) is 0 Å². The molecule has 0 aliphatic heterocycles. The number of nitrogens with two attached hydrogens (primary N) is 1. The van der Waals surface area contributed by atoms with Crippen LogP contribution in [0.5, 0.6) is 5.75 Å². The van der Waals surface area contributed by atoms with Crippen LogP contribution < -0.4 is 15.8 Å². The zero-order valence-electron chi connectivity index (χ0n) is 13.8. The number of rotatable bonds is 5. The summed E-state index contributed by atoms with van der Waals surface area (Å²) < 4.78 is 5.45. The largest absolute Gasteiger partial charge is 0.496 e. The van der Waals surface area contributed by atoms with Gasteiger partial charge >= 0.3 is 0 Å². The molecule has 3 heteroatoms. The molecular formula is C20H26N2O. The highest BCUT2D eigenvalue weighted by Gasteiger charge is 2.38. The molecule has 1 aliphatic carbocycles. The molecule has 2 aromatic carbocycles. The first-order valence-corrected chi connectivity index (χ1v) is 8.44. The van der Waals surface area contributed by atoms with Crippen molar-refractivity contribution < 1.29 is 4.74 Å². The van der Waals surface area contributed by atoms with Crippen LogP contribution in [0, 0.1) is 0 Å². The van der Waals surface area contributed by atoms with E-state index in [1.54, 1.807) is 7.11 Å². The fraction of sp³-hybridized carbons (Fsp3) is 0.400. The van der Waals surface area contributed by atoms with Crippen LogP contribution in [-0.2, 0) is 12.1 Å². The minimum atomic E-state index is -0.290. The van der Waals surface area contributed by atoms with Gasteiger partial charge in [0.15, 0.2) is 0 Å². The van der Waals surface area contributed by atoms with Crippen LogP contribution in [0.4, 0.5) is 0 Å². The van der Waals surface area contributed by atoms with Gasteiger partial charge in [-0.25, -0.2) is 0 Å². The Kier molecular flexibility index (Phi) is 4.99. The van der Waals surface area contributed by atoms with Crippen LogP contribution in [0.1, 0.15) is 36.8 Å². The lowest BCUT2D eigenvalue weighted by Crippen LogP contribution is -2.56. The Hall–Kier alpha value is -1.84. The molecule has 1 fully saturated rings. The van der Waals surface area contributed by atoms with E-state index in [-0.39, 0.29) is 11.6 Å². The third-order valence-electron chi connectivity index (χ3n) is 5.00. The molecule has 3 N–H and O–H groups in total. The maximum atomic E-state index is 6.87. The normalized spacial score (nSPS) is 24.3. The van der Waals surface area contributed by atoms with Crippen molar-refractivity contribution in [3.63, 3.8) is 0 Å². The van der Waals surface area contributed by atoms with Crippen LogP contribution in [0.3, 0.4) is 0 Å². The second kappa shape index (κ2) is 7.16. The Morgan fingerprint density at radius 1 is 1.09 bits per heavy atom. The molecule has 3 rings (SSSR count). The monoisotopic (exact) mass is 310 g/mol. The standard InChI is InChI=1S/C20H26N2O/c1-23-18-12-6-5-9-16(18)15-22-19-13-7-8-14-20(19,21)17-10-3-2-4-11-17/h2-6,9-12,19,22H,7-8,13-15,21H2,1H3. The summed E-state index contributed by atoms with van der Waals surface area (Å²) in [6, 6.07) is 19.0. The number of para-hydroxylation sites is 1. The molecule has 0 radical (unpaired) electrons. The van der Waals surface area contributed by atoms with Gasteiger partial charge in [0.1, 0.15) is 5.75 Å². The van der Waals surface area contributed by atoms with Gasteiger partial charge in [-0.1, -0.05) is 61.4 Å². The third-order valence-corrected chi connectivity index (χ3v) is 5.00. The molecule has 122 valence electrons. The van der Waals surface area contributed by atoms with Gasteiger partial charge < -0.3 is 15.8 Å². The van der Waals surface area contributed by atoms with E-state index in [0.29, 0.717) is 0 Å². The molecule has 2 unspecified atom stereocenters. The van der Waals surface area contributed by atoms with Crippen molar-refractivity contribution in [3.05, 3.63) is 65.7 Å². The molecule has 1 aliphatic rings. The molecule has 0 spiro atoms. The van der Waals surface area contributed by atoms with Crippen LogP contribution in [0.2, 0.25) is 0 Å². The maximum absolute atomic E-state index is 6.87. The summed E-state index contributed by atoms with van der Waals surface area (Å²) in [7, 11) is 1.72. The Labute approximate surface area is 138 Å². The predicted molar refractivity (Wildman–Crippen MR) is 94.4 cm³/mol.